The van der Waals surface area contributed by atoms with Crippen LogP contribution < -0.4 is 20.1 Å². The molecule has 2 aliphatic carbocycles. The number of alkyl halides is 2. The fraction of sp³-hybridized carbons (Fsp3) is 0.487. The van der Waals surface area contributed by atoms with Crippen molar-refractivity contribution in [2.75, 3.05) is 13.2 Å². The molecule has 2 aliphatic heterocycles. The van der Waals surface area contributed by atoms with E-state index in [1.165, 1.54) is 4.90 Å². The van der Waals surface area contributed by atoms with Crippen LogP contribution in [-0.2, 0) is 29.1 Å². The molecule has 298 valence electrons. The lowest BCUT2D eigenvalue weighted by Gasteiger charge is -2.35. The molecule has 3 N–H and O–H groups in total. The van der Waals surface area contributed by atoms with Crippen molar-refractivity contribution in [3.05, 3.63) is 60.2 Å². The van der Waals surface area contributed by atoms with Crippen LogP contribution in [0.3, 0.4) is 0 Å². The van der Waals surface area contributed by atoms with Gasteiger partial charge < -0.3 is 25.0 Å². The van der Waals surface area contributed by atoms with Crippen LogP contribution in [0.5, 0.6) is 5.88 Å². The second kappa shape index (κ2) is 15.0. The number of carbonyl (C=O) groups excluding carboxylic acids is 4. The van der Waals surface area contributed by atoms with E-state index in [1.807, 2.05) is 65.4 Å². The molecule has 17 heteroatoms. The Morgan fingerprint density at radius 2 is 1.80 bits per heavy atom. The molecular formula is C39H44F2N6O8S. The Morgan fingerprint density at radius 3 is 2.48 bits per heavy atom. The Kier molecular flexibility index (Phi) is 10.5. The van der Waals surface area contributed by atoms with Crippen LogP contribution in [0.15, 0.2) is 54.6 Å². The monoisotopic (exact) mass is 794 g/mol. The first-order valence-electron chi connectivity index (χ1n) is 18.7. The van der Waals surface area contributed by atoms with Gasteiger partial charge in [-0.3, -0.25) is 19.1 Å². The third-order valence-corrected chi connectivity index (χ3v) is 12.4. The highest BCUT2D eigenvalue weighted by Crippen LogP contribution is 2.48. The molecule has 1 aromatic heterocycles. The zero-order chi connectivity index (χ0) is 40.0. The summed E-state index contributed by atoms with van der Waals surface area (Å²) in [6, 6.07) is 12.2. The number of sulfonamides is 1. The van der Waals surface area contributed by atoms with Crippen LogP contribution in [-0.4, -0.2) is 95.7 Å². The highest BCUT2D eigenvalue weighted by atomic mass is 32.2. The van der Waals surface area contributed by atoms with Gasteiger partial charge >= 0.3 is 6.09 Å². The van der Waals surface area contributed by atoms with Gasteiger partial charge in [-0.1, -0.05) is 69.3 Å². The summed E-state index contributed by atoms with van der Waals surface area (Å²) in [4.78, 5) is 66.2. The molecule has 2 saturated carbocycles. The fourth-order valence-electron chi connectivity index (χ4n) is 7.16. The molecule has 5 bridgehead atoms. The van der Waals surface area contributed by atoms with E-state index in [9.17, 15) is 36.4 Å². The smallest absolute Gasteiger partial charge is 0.407 e. The van der Waals surface area contributed by atoms with Gasteiger partial charge in [0.05, 0.1) is 35.4 Å². The van der Waals surface area contributed by atoms with Crippen LogP contribution in [0.2, 0.25) is 0 Å². The average molecular weight is 795 g/mol. The number of cyclic esters (lactones) is 1. The Balaban J connectivity index is 1.27. The highest BCUT2D eigenvalue weighted by Gasteiger charge is 2.67. The molecule has 1 saturated heterocycles. The van der Waals surface area contributed by atoms with E-state index in [0.717, 1.165) is 5.56 Å². The number of alkyl carbamates (subject to hydrolysis) is 1. The molecule has 3 aromatic rings. The number of fused-ring (bicyclic) bond motifs is 4. The number of rotatable bonds is 7. The van der Waals surface area contributed by atoms with E-state index in [1.54, 1.807) is 20.8 Å². The molecule has 3 heterocycles. The summed E-state index contributed by atoms with van der Waals surface area (Å²) in [7, 11) is -4.14. The summed E-state index contributed by atoms with van der Waals surface area (Å²) in [6.45, 7) is 5.02. The Morgan fingerprint density at radius 1 is 1.05 bits per heavy atom. The third-order valence-electron chi connectivity index (χ3n) is 10.5. The number of benzene rings is 2. The summed E-state index contributed by atoms with van der Waals surface area (Å²) < 4.78 is 67.5. The van der Waals surface area contributed by atoms with Crippen LogP contribution in [0.4, 0.5) is 13.6 Å². The first-order valence-corrected chi connectivity index (χ1v) is 20.2. The lowest BCUT2D eigenvalue weighted by molar-refractivity contribution is -0.143. The second-order valence-electron chi connectivity index (χ2n) is 15.9. The Hall–Kier alpha value is -5.19. The lowest BCUT2D eigenvalue weighted by atomic mass is 9.85. The molecule has 14 nitrogen and oxygen atoms in total. The van der Waals surface area contributed by atoms with Gasteiger partial charge in [-0.2, -0.15) is 0 Å². The van der Waals surface area contributed by atoms with E-state index < -0.39 is 87.0 Å². The average Bonchev–Trinajstić information content (AvgIpc) is 4.08. The molecule has 0 unspecified atom stereocenters. The number of amides is 4. The SMILES string of the molecule is CC(C)(C)[C@@H]1NC(=O)OCCC/C=C/c2ccc3nc(-c4ccccc4)c(nc3c2)O[C@@H]2C[C@@H](C(=O)N[C@@]3(C(=O)NS(=O)(=O)C4CC4)C[C@H]3C(F)F)N(C2)C1=O. The maximum Gasteiger partial charge on any atom is 0.407 e. The number of allylic oxidation sites excluding steroid dienone is 1. The van der Waals surface area contributed by atoms with Crippen molar-refractivity contribution in [1.29, 1.82) is 0 Å². The van der Waals surface area contributed by atoms with Crippen molar-refractivity contribution in [3.8, 4) is 17.1 Å². The van der Waals surface area contributed by atoms with E-state index in [-0.39, 0.29) is 25.5 Å². The van der Waals surface area contributed by atoms with Gasteiger partial charge in [-0.25, -0.2) is 32.0 Å². The molecule has 0 spiro atoms. The zero-order valence-corrected chi connectivity index (χ0v) is 32.0. The van der Waals surface area contributed by atoms with Crippen LogP contribution in [0.1, 0.15) is 64.9 Å². The second-order valence-corrected chi connectivity index (χ2v) is 17.8. The summed E-state index contributed by atoms with van der Waals surface area (Å²) in [6.07, 6.45) is 0.103. The third kappa shape index (κ3) is 8.18. The minimum Gasteiger partial charge on any atom is -0.471 e. The number of hydrogen-bond acceptors (Lipinski definition) is 10. The predicted octanol–water partition coefficient (Wildman–Crippen LogP) is 4.34. The molecule has 56 heavy (non-hydrogen) atoms. The number of nitrogens with one attached hydrogen (secondary N) is 3. The molecule has 4 amide bonds. The highest BCUT2D eigenvalue weighted by molar-refractivity contribution is 7.91. The first kappa shape index (κ1) is 39.1. The fourth-order valence-corrected chi connectivity index (χ4v) is 8.52. The number of nitrogens with zero attached hydrogens (tertiary/aromatic N) is 3. The molecule has 0 radical (unpaired) electrons. The Labute approximate surface area is 322 Å². The van der Waals surface area contributed by atoms with Crippen molar-refractivity contribution < 1.29 is 45.9 Å². The molecule has 7 rings (SSSR count). The van der Waals surface area contributed by atoms with Crippen molar-refractivity contribution in [3.63, 3.8) is 0 Å². The molecule has 2 aromatic carbocycles. The molecular weight excluding hydrogens is 751 g/mol. The van der Waals surface area contributed by atoms with Gasteiger partial charge in [0.25, 0.3) is 5.91 Å². The van der Waals surface area contributed by atoms with Crippen LogP contribution in [0, 0.1) is 11.3 Å². The van der Waals surface area contributed by atoms with Crippen LogP contribution in [0.25, 0.3) is 28.4 Å². The summed E-state index contributed by atoms with van der Waals surface area (Å²) >= 11 is 0. The summed E-state index contributed by atoms with van der Waals surface area (Å²) in [5, 5.41) is 4.26. The number of ether oxygens (including phenoxy) is 2. The van der Waals surface area contributed by atoms with E-state index >= 15 is 0 Å². The van der Waals surface area contributed by atoms with E-state index in [4.69, 9.17) is 19.4 Å². The van der Waals surface area contributed by atoms with Crippen molar-refractivity contribution >= 4 is 50.9 Å². The zero-order valence-electron chi connectivity index (χ0n) is 31.2. The maximum atomic E-state index is 14.5. The summed E-state index contributed by atoms with van der Waals surface area (Å²) in [5.74, 6) is -4.45. The largest absolute Gasteiger partial charge is 0.471 e. The minimum atomic E-state index is -4.14. The van der Waals surface area contributed by atoms with Gasteiger partial charge in [0.2, 0.25) is 34.1 Å². The standard InChI is InChI=1S/C39H44F2N6O8S/c1-38(2,3)31-35(49)47-21-24(19-29(47)33(48)45-39(20-26(39)32(40)41)36(50)46-56(52,53)25-14-15-25)55-34-30(23-11-7-4-8-12-23)42-27-16-13-22(18-28(27)43-34)10-6-5-9-17-54-37(51)44-31/h4,6-8,10-13,16,18,24-26,29,31-32H,5,9,14-15,17,19-21H2,1-3H3,(H,44,51)(H,45,48)(H,46,50)/b10-6+/t24-,26+,29+,31-,39+/m1/s1. The van der Waals surface area contributed by atoms with Gasteiger partial charge in [-0.05, 0) is 55.2 Å². The normalized spacial score (nSPS) is 26.4. The maximum absolute atomic E-state index is 14.5. The minimum absolute atomic E-state index is 0.0621. The predicted molar refractivity (Wildman–Crippen MR) is 201 cm³/mol. The van der Waals surface area contributed by atoms with Crippen molar-refractivity contribution in [2.24, 2.45) is 11.3 Å². The topological polar surface area (TPSA) is 186 Å². The van der Waals surface area contributed by atoms with Crippen molar-refractivity contribution in [2.45, 2.75) is 94.7 Å². The summed E-state index contributed by atoms with van der Waals surface area (Å²) in [5.41, 5.74) is -0.0877. The van der Waals surface area contributed by atoms with Gasteiger partial charge in [0.1, 0.15) is 29.4 Å². The Bertz CT molecular complexity index is 2180. The number of carbonyl (C=O) groups is 4. The molecule has 5 atom stereocenters. The van der Waals surface area contributed by atoms with Gasteiger partial charge in [-0.15, -0.1) is 0 Å². The quantitative estimate of drug-likeness (QED) is 0.311. The van der Waals surface area contributed by atoms with Crippen molar-refractivity contribution in [1.82, 2.24) is 30.2 Å². The van der Waals surface area contributed by atoms with Gasteiger partial charge in [0, 0.05) is 12.0 Å². The number of halogens is 2. The molecule has 4 aliphatic rings. The number of hydrogen-bond donors (Lipinski definition) is 3. The molecule has 3 fully saturated rings. The van der Waals surface area contributed by atoms with Gasteiger partial charge in [0.15, 0.2) is 0 Å². The lowest BCUT2D eigenvalue weighted by Crippen LogP contribution is -2.60. The van der Waals surface area contributed by atoms with E-state index in [0.29, 0.717) is 48.0 Å². The van der Waals surface area contributed by atoms with E-state index in [2.05, 4.69) is 10.6 Å². The van der Waals surface area contributed by atoms with Crippen LogP contribution >= 0.6 is 0 Å². The first-order chi connectivity index (χ1) is 26.6. The number of aromatic nitrogens is 2.